The van der Waals surface area contributed by atoms with Gasteiger partial charge >= 0.3 is 6.18 Å². The number of nitrogens with one attached hydrogen (secondary N) is 2. The van der Waals surface area contributed by atoms with Gasteiger partial charge in [0.05, 0.1) is 16.5 Å². The molecule has 3 aromatic rings. The van der Waals surface area contributed by atoms with Crippen molar-refractivity contribution in [3.63, 3.8) is 0 Å². The summed E-state index contributed by atoms with van der Waals surface area (Å²) in [5.74, 6) is -1.10. The van der Waals surface area contributed by atoms with Gasteiger partial charge in [-0.1, -0.05) is 26.8 Å². The summed E-state index contributed by atoms with van der Waals surface area (Å²) in [5.41, 5.74) is -0.942. The first-order valence-electron chi connectivity index (χ1n) is 9.90. The van der Waals surface area contributed by atoms with Gasteiger partial charge in [-0.2, -0.15) is 13.2 Å². The lowest BCUT2D eigenvalue weighted by atomic mass is 9.92. The van der Waals surface area contributed by atoms with Crippen LogP contribution in [0.2, 0.25) is 0 Å². The minimum Gasteiger partial charge on any atom is -0.504 e. The predicted molar refractivity (Wildman–Crippen MR) is 111 cm³/mol. The number of carbonyl (C=O) groups is 1. The van der Waals surface area contributed by atoms with E-state index in [1.54, 1.807) is 6.07 Å². The predicted octanol–water partition coefficient (Wildman–Crippen LogP) is 5.57. The smallest absolute Gasteiger partial charge is 0.418 e. The van der Waals surface area contributed by atoms with Crippen molar-refractivity contribution in [3.05, 3.63) is 53.2 Å². The lowest BCUT2D eigenvalue weighted by Gasteiger charge is -2.18. The maximum Gasteiger partial charge on any atom is 0.418 e. The van der Waals surface area contributed by atoms with Crippen molar-refractivity contribution >= 4 is 22.5 Å². The Morgan fingerprint density at radius 1 is 1.03 bits per heavy atom. The molecule has 1 fully saturated rings. The molecule has 0 radical (unpaired) electrons. The fourth-order valence-electron chi connectivity index (χ4n) is 3.79. The van der Waals surface area contributed by atoms with E-state index < -0.39 is 23.1 Å². The van der Waals surface area contributed by atoms with Crippen LogP contribution < -0.4 is 5.32 Å². The first-order chi connectivity index (χ1) is 14.3. The molecule has 5 nitrogen and oxygen atoms in total. The van der Waals surface area contributed by atoms with Crippen LogP contribution in [0.1, 0.15) is 50.4 Å². The average molecular weight is 432 g/mol. The molecule has 31 heavy (non-hydrogen) atoms. The van der Waals surface area contributed by atoms with Gasteiger partial charge in [0, 0.05) is 22.2 Å². The summed E-state index contributed by atoms with van der Waals surface area (Å²) in [4.78, 5) is 15.9. The van der Waals surface area contributed by atoms with Gasteiger partial charge in [0.1, 0.15) is 0 Å². The van der Waals surface area contributed by atoms with Crippen molar-refractivity contribution in [2.75, 3.05) is 5.32 Å². The summed E-state index contributed by atoms with van der Waals surface area (Å²) in [5, 5.41) is 22.3. The Labute approximate surface area is 176 Å². The van der Waals surface area contributed by atoms with Gasteiger partial charge in [-0.15, -0.1) is 0 Å². The van der Waals surface area contributed by atoms with Crippen LogP contribution in [0, 0.1) is 0 Å². The monoisotopic (exact) mass is 432 g/mol. The molecule has 0 unspecified atom stereocenters. The van der Waals surface area contributed by atoms with E-state index >= 15 is 0 Å². The zero-order valence-corrected chi connectivity index (χ0v) is 17.3. The van der Waals surface area contributed by atoms with Crippen LogP contribution in [-0.2, 0) is 21.8 Å². The largest absolute Gasteiger partial charge is 0.504 e. The highest BCUT2D eigenvalue weighted by atomic mass is 19.4. The highest BCUT2D eigenvalue weighted by Crippen LogP contribution is 2.50. The van der Waals surface area contributed by atoms with Gasteiger partial charge in [-0.05, 0) is 48.7 Å². The summed E-state index contributed by atoms with van der Waals surface area (Å²) >= 11 is 0. The van der Waals surface area contributed by atoms with Crippen molar-refractivity contribution in [2.45, 2.75) is 50.6 Å². The maximum atomic E-state index is 13.8. The summed E-state index contributed by atoms with van der Waals surface area (Å²) in [6.45, 7) is 5.70. The van der Waals surface area contributed by atoms with Crippen LogP contribution in [0.25, 0.3) is 10.9 Å². The zero-order chi connectivity index (χ0) is 22.8. The molecule has 2 aromatic carbocycles. The number of rotatable bonds is 3. The lowest BCUT2D eigenvalue weighted by Crippen LogP contribution is -2.28. The first kappa shape index (κ1) is 21.1. The van der Waals surface area contributed by atoms with Gasteiger partial charge in [-0.3, -0.25) is 4.79 Å². The Morgan fingerprint density at radius 3 is 2.26 bits per heavy atom. The zero-order valence-electron chi connectivity index (χ0n) is 17.3. The summed E-state index contributed by atoms with van der Waals surface area (Å²) in [6, 6.07) is 8.28. The standard InChI is InChI=1S/C23H23F3N2O3/c1-21(2,3)18-9-12-8-14(11-15(19(12)28-18)23(24,25)26)27-20(31)22(6-7-22)13-4-5-16(29)17(30)10-13/h4-5,8-11,28-30H,6-7H2,1-3H3,(H,27,31). The maximum absolute atomic E-state index is 13.8. The third-order valence-electron chi connectivity index (χ3n) is 5.81. The summed E-state index contributed by atoms with van der Waals surface area (Å²) in [6.07, 6.45) is -3.61. The molecule has 164 valence electrons. The van der Waals surface area contributed by atoms with E-state index in [0.717, 1.165) is 6.07 Å². The fourth-order valence-corrected chi connectivity index (χ4v) is 3.79. The third-order valence-corrected chi connectivity index (χ3v) is 5.81. The average Bonchev–Trinajstić information content (AvgIpc) is 3.34. The van der Waals surface area contributed by atoms with E-state index in [-0.39, 0.29) is 28.1 Å². The Bertz CT molecular complexity index is 1190. The molecule has 0 spiro atoms. The van der Waals surface area contributed by atoms with E-state index in [1.165, 1.54) is 24.3 Å². The number of aromatic nitrogens is 1. The molecule has 0 bridgehead atoms. The molecular weight excluding hydrogens is 409 g/mol. The molecule has 8 heteroatoms. The number of fused-ring (bicyclic) bond motifs is 1. The molecule has 1 amide bonds. The Kier molecular flexibility index (Phi) is 4.54. The third kappa shape index (κ3) is 3.71. The van der Waals surface area contributed by atoms with Crippen LogP contribution in [0.15, 0.2) is 36.4 Å². The van der Waals surface area contributed by atoms with E-state index in [4.69, 9.17) is 0 Å². The number of anilines is 1. The van der Waals surface area contributed by atoms with Crippen LogP contribution in [-0.4, -0.2) is 21.1 Å². The minimum atomic E-state index is -4.60. The van der Waals surface area contributed by atoms with Gasteiger partial charge < -0.3 is 20.5 Å². The minimum absolute atomic E-state index is 0.0139. The molecule has 4 rings (SSSR count). The van der Waals surface area contributed by atoms with E-state index in [2.05, 4.69) is 10.3 Å². The number of hydrogen-bond donors (Lipinski definition) is 4. The van der Waals surface area contributed by atoms with Gasteiger partial charge in [-0.25, -0.2) is 0 Å². The Hall–Kier alpha value is -3.16. The molecule has 4 N–H and O–H groups in total. The second kappa shape index (κ2) is 6.67. The number of H-pyrrole nitrogens is 1. The molecule has 1 aromatic heterocycles. The Balaban J connectivity index is 1.73. The van der Waals surface area contributed by atoms with Gasteiger partial charge in [0.2, 0.25) is 5.91 Å². The summed E-state index contributed by atoms with van der Waals surface area (Å²) in [7, 11) is 0. The first-order valence-corrected chi connectivity index (χ1v) is 9.90. The van der Waals surface area contributed by atoms with Gasteiger partial charge in [0.25, 0.3) is 0 Å². The number of aromatic hydroxyl groups is 2. The van der Waals surface area contributed by atoms with E-state index in [0.29, 0.717) is 29.5 Å². The van der Waals surface area contributed by atoms with Gasteiger partial charge in [0.15, 0.2) is 11.5 Å². The second-order valence-corrected chi connectivity index (χ2v) is 9.16. The number of halogens is 3. The molecule has 0 atom stereocenters. The van der Waals surface area contributed by atoms with Crippen LogP contribution in [0.5, 0.6) is 11.5 Å². The molecule has 1 aliphatic rings. The number of aromatic amines is 1. The lowest BCUT2D eigenvalue weighted by molar-refractivity contribution is -0.136. The van der Waals surface area contributed by atoms with Crippen LogP contribution in [0.4, 0.5) is 18.9 Å². The van der Waals surface area contributed by atoms with Crippen LogP contribution in [0.3, 0.4) is 0 Å². The molecule has 1 aliphatic carbocycles. The van der Waals surface area contributed by atoms with Crippen molar-refractivity contribution in [3.8, 4) is 11.5 Å². The number of alkyl halides is 3. The van der Waals surface area contributed by atoms with Crippen LogP contribution >= 0.6 is 0 Å². The topological polar surface area (TPSA) is 85.3 Å². The van der Waals surface area contributed by atoms with Crippen molar-refractivity contribution in [1.29, 1.82) is 0 Å². The number of amides is 1. The molecule has 1 heterocycles. The number of phenolic OH excluding ortho intramolecular Hbond substituents is 2. The molecule has 0 aliphatic heterocycles. The van der Waals surface area contributed by atoms with E-state index in [1.807, 2.05) is 20.8 Å². The van der Waals surface area contributed by atoms with Crippen molar-refractivity contribution in [1.82, 2.24) is 4.98 Å². The fraction of sp³-hybridized carbons (Fsp3) is 0.348. The summed E-state index contributed by atoms with van der Waals surface area (Å²) < 4.78 is 41.3. The number of carbonyl (C=O) groups excluding carboxylic acids is 1. The number of phenols is 2. The normalized spacial score (nSPS) is 15.8. The quantitative estimate of drug-likeness (QED) is 0.409. The molecular formula is C23H23F3N2O3. The number of hydrogen-bond acceptors (Lipinski definition) is 3. The molecule has 1 saturated carbocycles. The SMILES string of the molecule is CC(C)(C)c1cc2cc(NC(=O)C3(c4ccc(O)c(O)c4)CC3)cc(C(F)(F)F)c2[nH]1. The highest BCUT2D eigenvalue weighted by Gasteiger charge is 2.51. The molecule has 0 saturated heterocycles. The van der Waals surface area contributed by atoms with E-state index in [9.17, 15) is 28.2 Å². The highest BCUT2D eigenvalue weighted by molar-refractivity contribution is 6.03. The number of benzene rings is 2. The Morgan fingerprint density at radius 2 is 1.71 bits per heavy atom. The van der Waals surface area contributed by atoms with Crippen molar-refractivity contribution < 1.29 is 28.2 Å². The van der Waals surface area contributed by atoms with Crippen molar-refractivity contribution in [2.24, 2.45) is 0 Å². The second-order valence-electron chi connectivity index (χ2n) is 9.16.